The van der Waals surface area contributed by atoms with Gasteiger partial charge in [-0.15, -0.1) is 0 Å². The first-order chi connectivity index (χ1) is 9.19. The van der Waals surface area contributed by atoms with E-state index in [1.807, 2.05) is 30.3 Å². The van der Waals surface area contributed by atoms with Crippen LogP contribution in [0.25, 0.3) is 4.85 Å². The van der Waals surface area contributed by atoms with Gasteiger partial charge < -0.3 is 5.11 Å². The van der Waals surface area contributed by atoms with Crippen LogP contribution < -0.4 is 0 Å². The maximum Gasteiger partial charge on any atom is 0.187 e. The van der Waals surface area contributed by atoms with Crippen LogP contribution in [0.15, 0.2) is 42.5 Å². The molecule has 1 fully saturated rings. The molecule has 1 aliphatic rings. The molecular weight excluding hydrogens is 258 g/mol. The molecule has 1 saturated carbocycles. The smallest absolute Gasteiger partial charge is 0.187 e. The van der Waals surface area contributed by atoms with E-state index in [0.29, 0.717) is 22.5 Å². The fourth-order valence-corrected chi connectivity index (χ4v) is 2.83. The number of rotatable bonds is 2. The van der Waals surface area contributed by atoms with E-state index in [0.717, 1.165) is 12.0 Å². The van der Waals surface area contributed by atoms with Crippen molar-refractivity contribution in [3.63, 3.8) is 0 Å². The molecule has 0 spiro atoms. The van der Waals surface area contributed by atoms with Crippen LogP contribution in [0.2, 0.25) is 5.02 Å². The number of hydrogen-bond acceptors (Lipinski definition) is 1. The minimum absolute atomic E-state index is 0.201. The van der Waals surface area contributed by atoms with E-state index >= 15 is 0 Å². The van der Waals surface area contributed by atoms with E-state index in [9.17, 15) is 5.11 Å². The lowest BCUT2D eigenvalue weighted by atomic mass is 10.0. The lowest BCUT2D eigenvalue weighted by Crippen LogP contribution is -1.85. The molecule has 19 heavy (non-hydrogen) atoms. The molecule has 1 aliphatic carbocycles. The van der Waals surface area contributed by atoms with E-state index in [4.69, 9.17) is 18.2 Å². The molecule has 3 heteroatoms. The maximum atomic E-state index is 9.37. The van der Waals surface area contributed by atoms with Crippen LogP contribution in [0.3, 0.4) is 0 Å². The summed E-state index contributed by atoms with van der Waals surface area (Å²) in [5, 5.41) is 10.00. The summed E-state index contributed by atoms with van der Waals surface area (Å²) in [6.07, 6.45) is 1.07. The second-order valence-electron chi connectivity index (χ2n) is 4.86. The third-order valence-corrected chi connectivity index (χ3v) is 3.95. The molecule has 0 bridgehead atoms. The molecule has 1 N–H and O–H groups in total. The second kappa shape index (κ2) is 4.60. The Bertz CT molecular complexity index is 657. The van der Waals surface area contributed by atoms with Gasteiger partial charge in [0, 0.05) is 5.02 Å². The van der Waals surface area contributed by atoms with Crippen molar-refractivity contribution in [1.29, 1.82) is 0 Å². The first kappa shape index (κ1) is 12.1. The zero-order valence-corrected chi connectivity index (χ0v) is 10.9. The third kappa shape index (κ3) is 2.30. The van der Waals surface area contributed by atoms with Gasteiger partial charge >= 0.3 is 0 Å². The predicted molar refractivity (Wildman–Crippen MR) is 75.9 cm³/mol. The first-order valence-electron chi connectivity index (χ1n) is 6.15. The molecule has 0 aliphatic heterocycles. The highest BCUT2D eigenvalue weighted by Gasteiger charge is 2.40. The minimum Gasteiger partial charge on any atom is -0.508 e. The highest BCUT2D eigenvalue weighted by atomic mass is 35.5. The zero-order chi connectivity index (χ0) is 13.4. The molecule has 0 amide bonds. The van der Waals surface area contributed by atoms with Crippen LogP contribution in [0, 0.1) is 6.57 Å². The van der Waals surface area contributed by atoms with Gasteiger partial charge in [0.25, 0.3) is 0 Å². The van der Waals surface area contributed by atoms with E-state index in [2.05, 4.69) is 4.85 Å². The predicted octanol–water partition coefficient (Wildman–Crippen LogP) is 4.87. The Kier molecular flexibility index (Phi) is 2.93. The van der Waals surface area contributed by atoms with Crippen molar-refractivity contribution in [3.8, 4) is 5.75 Å². The van der Waals surface area contributed by atoms with Gasteiger partial charge in [-0.05, 0) is 41.5 Å². The van der Waals surface area contributed by atoms with E-state index < -0.39 is 0 Å². The standard InChI is InChI=1S/C16H12ClNO/c1-18-11-4-2-10(3-5-11)14-9-15(14)13-7-6-12(19)8-16(13)17/h2-8,14-15,19H,9H2. The van der Waals surface area contributed by atoms with Crippen molar-refractivity contribution in [2.24, 2.45) is 0 Å². The molecule has 94 valence electrons. The number of phenolic OH excluding ortho intramolecular Hbond substituents is 1. The fourth-order valence-electron chi connectivity index (χ4n) is 2.52. The van der Waals surface area contributed by atoms with Gasteiger partial charge in [-0.25, -0.2) is 4.85 Å². The molecule has 0 radical (unpaired) electrons. The molecular formula is C16H12ClNO. The summed E-state index contributed by atoms with van der Waals surface area (Å²) in [7, 11) is 0. The van der Waals surface area contributed by atoms with E-state index in [-0.39, 0.29) is 5.75 Å². The summed E-state index contributed by atoms with van der Waals surface area (Å²) < 4.78 is 0. The fraction of sp³-hybridized carbons (Fsp3) is 0.188. The minimum atomic E-state index is 0.201. The van der Waals surface area contributed by atoms with Gasteiger partial charge in [0.2, 0.25) is 0 Å². The van der Waals surface area contributed by atoms with Crippen LogP contribution in [0.5, 0.6) is 5.75 Å². The van der Waals surface area contributed by atoms with Crippen LogP contribution in [-0.4, -0.2) is 5.11 Å². The van der Waals surface area contributed by atoms with Crippen molar-refractivity contribution in [2.75, 3.05) is 0 Å². The number of phenols is 1. The molecule has 0 saturated heterocycles. The Balaban J connectivity index is 1.82. The summed E-state index contributed by atoms with van der Waals surface area (Å²) in [6, 6.07) is 12.9. The molecule has 3 rings (SSSR count). The van der Waals surface area contributed by atoms with Gasteiger partial charge in [0.15, 0.2) is 5.69 Å². The molecule has 2 aromatic rings. The highest BCUT2D eigenvalue weighted by Crippen LogP contribution is 2.56. The summed E-state index contributed by atoms with van der Waals surface area (Å²) in [4.78, 5) is 3.39. The Hall–Kier alpha value is -1.98. The van der Waals surface area contributed by atoms with Gasteiger partial charge in [0.1, 0.15) is 5.75 Å². The Morgan fingerprint density at radius 2 is 1.84 bits per heavy atom. The number of aromatic hydroxyl groups is 1. The maximum absolute atomic E-state index is 9.37. The topological polar surface area (TPSA) is 24.6 Å². The van der Waals surface area contributed by atoms with Crippen LogP contribution in [0.4, 0.5) is 5.69 Å². The average molecular weight is 270 g/mol. The quantitative estimate of drug-likeness (QED) is 0.773. The summed E-state index contributed by atoms with van der Waals surface area (Å²) in [6.45, 7) is 6.94. The number of halogens is 1. The van der Waals surface area contributed by atoms with Crippen molar-refractivity contribution in [3.05, 3.63) is 70.0 Å². The Morgan fingerprint density at radius 3 is 2.47 bits per heavy atom. The van der Waals surface area contributed by atoms with Gasteiger partial charge in [0.05, 0.1) is 6.57 Å². The molecule has 2 unspecified atom stereocenters. The van der Waals surface area contributed by atoms with Gasteiger partial charge in [-0.1, -0.05) is 41.9 Å². The van der Waals surface area contributed by atoms with Crippen molar-refractivity contribution in [1.82, 2.24) is 0 Å². The largest absolute Gasteiger partial charge is 0.508 e. The third-order valence-electron chi connectivity index (χ3n) is 3.62. The monoisotopic (exact) mass is 269 g/mol. The summed E-state index contributed by atoms with van der Waals surface area (Å²) >= 11 is 6.17. The van der Waals surface area contributed by atoms with Crippen molar-refractivity contribution >= 4 is 17.3 Å². The molecule has 0 heterocycles. The lowest BCUT2D eigenvalue weighted by molar-refractivity contribution is 0.475. The average Bonchev–Trinajstić information content (AvgIpc) is 3.19. The number of benzene rings is 2. The zero-order valence-electron chi connectivity index (χ0n) is 10.2. The van der Waals surface area contributed by atoms with Crippen LogP contribution in [0.1, 0.15) is 29.4 Å². The molecule has 2 nitrogen and oxygen atoms in total. The molecule has 0 aromatic heterocycles. The van der Waals surface area contributed by atoms with Crippen LogP contribution in [-0.2, 0) is 0 Å². The van der Waals surface area contributed by atoms with Crippen LogP contribution >= 0.6 is 11.6 Å². The highest BCUT2D eigenvalue weighted by molar-refractivity contribution is 6.31. The van der Waals surface area contributed by atoms with E-state index in [1.165, 1.54) is 5.56 Å². The van der Waals surface area contributed by atoms with Gasteiger partial charge in [-0.2, -0.15) is 0 Å². The summed E-state index contributed by atoms with van der Waals surface area (Å²) in [5.74, 6) is 1.10. The number of nitrogens with zero attached hydrogens (tertiary/aromatic N) is 1. The summed E-state index contributed by atoms with van der Waals surface area (Å²) in [5.41, 5.74) is 3.02. The molecule has 2 atom stereocenters. The number of hydrogen-bond donors (Lipinski definition) is 1. The lowest BCUT2D eigenvalue weighted by Gasteiger charge is -2.05. The molecule has 2 aromatic carbocycles. The SMILES string of the molecule is [C-]#[N+]c1ccc(C2CC2c2ccc(O)cc2Cl)cc1. The normalized spacial score (nSPS) is 20.8. The van der Waals surface area contributed by atoms with E-state index in [1.54, 1.807) is 12.1 Å². The first-order valence-corrected chi connectivity index (χ1v) is 6.52. The second-order valence-corrected chi connectivity index (χ2v) is 5.27. The van der Waals surface area contributed by atoms with Crippen molar-refractivity contribution < 1.29 is 5.11 Å². The Morgan fingerprint density at radius 1 is 1.11 bits per heavy atom. The Labute approximate surface area is 117 Å². The van der Waals surface area contributed by atoms with Gasteiger partial charge in [-0.3, -0.25) is 0 Å². The van der Waals surface area contributed by atoms with Crippen molar-refractivity contribution in [2.45, 2.75) is 18.3 Å².